The fourth-order valence-electron chi connectivity index (χ4n) is 2.77. The Kier molecular flexibility index (Phi) is 5.67. The maximum Gasteiger partial charge on any atom is 0.0587 e. The van der Waals surface area contributed by atoms with Crippen molar-refractivity contribution in [1.82, 2.24) is 5.32 Å². The number of para-hydroxylation sites is 1. The molecule has 1 aromatic rings. The van der Waals surface area contributed by atoms with E-state index in [2.05, 4.69) is 41.4 Å². The van der Waals surface area contributed by atoms with Gasteiger partial charge in [0.2, 0.25) is 0 Å². The molecule has 0 saturated heterocycles. The van der Waals surface area contributed by atoms with Crippen LogP contribution in [0.5, 0.6) is 0 Å². The Morgan fingerprint density at radius 1 is 1.32 bits per heavy atom. The minimum Gasteiger partial charge on any atom is -0.383 e. The summed E-state index contributed by atoms with van der Waals surface area (Å²) >= 11 is 0. The highest BCUT2D eigenvalue weighted by Gasteiger charge is 2.19. The van der Waals surface area contributed by atoms with E-state index in [1.165, 1.54) is 37.1 Å². The first-order chi connectivity index (χ1) is 9.33. The minimum atomic E-state index is 0.524. The van der Waals surface area contributed by atoms with Gasteiger partial charge in [0.05, 0.1) is 6.61 Å². The monoisotopic (exact) mass is 262 g/mol. The molecule has 0 saturated carbocycles. The van der Waals surface area contributed by atoms with Crippen LogP contribution in [0.15, 0.2) is 24.3 Å². The first kappa shape index (κ1) is 14.4. The number of rotatable bonds is 6. The maximum atomic E-state index is 5.07. The third-order valence-electron chi connectivity index (χ3n) is 3.85. The summed E-state index contributed by atoms with van der Waals surface area (Å²) in [5, 5.41) is 3.47. The largest absolute Gasteiger partial charge is 0.383 e. The molecule has 1 atom stereocenters. The van der Waals surface area contributed by atoms with Crippen LogP contribution in [0.4, 0.5) is 5.69 Å². The molecular formula is C16H26N2O. The first-order valence-corrected chi connectivity index (χ1v) is 7.37. The lowest BCUT2D eigenvalue weighted by atomic mass is 10.1. The van der Waals surface area contributed by atoms with E-state index in [9.17, 15) is 0 Å². The molecule has 19 heavy (non-hydrogen) atoms. The van der Waals surface area contributed by atoms with Gasteiger partial charge in [0.15, 0.2) is 0 Å². The van der Waals surface area contributed by atoms with Gasteiger partial charge in [-0.15, -0.1) is 0 Å². The fraction of sp³-hybridized carbons (Fsp3) is 0.625. The Morgan fingerprint density at radius 3 is 3.00 bits per heavy atom. The summed E-state index contributed by atoms with van der Waals surface area (Å²) in [5.74, 6) is 0. The van der Waals surface area contributed by atoms with Gasteiger partial charge in [-0.3, -0.25) is 0 Å². The van der Waals surface area contributed by atoms with Crippen LogP contribution in [0.2, 0.25) is 0 Å². The molecule has 1 unspecified atom stereocenters. The summed E-state index contributed by atoms with van der Waals surface area (Å²) in [6.07, 6.45) is 3.81. The SMILES string of the molecule is COCCNCC(C)N1CCCCc2ccccc21. The Balaban J connectivity index is 1.98. The van der Waals surface area contributed by atoms with Crippen LogP contribution in [0, 0.1) is 0 Å². The van der Waals surface area contributed by atoms with Crippen LogP contribution in [-0.2, 0) is 11.2 Å². The lowest BCUT2D eigenvalue weighted by Crippen LogP contribution is -2.41. The number of aryl methyl sites for hydroxylation is 1. The molecule has 0 amide bonds. The van der Waals surface area contributed by atoms with Crippen LogP contribution >= 0.6 is 0 Å². The predicted octanol–water partition coefficient (Wildman–Crippen LogP) is 2.45. The molecule has 0 aromatic heterocycles. The minimum absolute atomic E-state index is 0.524. The lowest BCUT2D eigenvalue weighted by molar-refractivity contribution is 0.199. The Bertz CT molecular complexity index is 381. The van der Waals surface area contributed by atoms with Crippen molar-refractivity contribution >= 4 is 5.69 Å². The zero-order valence-electron chi connectivity index (χ0n) is 12.2. The molecule has 1 heterocycles. The third-order valence-corrected chi connectivity index (χ3v) is 3.85. The second-order valence-corrected chi connectivity index (χ2v) is 5.33. The number of benzene rings is 1. The summed E-state index contributed by atoms with van der Waals surface area (Å²) in [7, 11) is 1.75. The van der Waals surface area contributed by atoms with Gasteiger partial charge in [-0.05, 0) is 37.8 Å². The van der Waals surface area contributed by atoms with Crippen LogP contribution in [-0.4, -0.2) is 39.4 Å². The second kappa shape index (κ2) is 7.51. The highest BCUT2D eigenvalue weighted by molar-refractivity contribution is 5.55. The molecule has 0 bridgehead atoms. The van der Waals surface area contributed by atoms with E-state index in [1.54, 1.807) is 7.11 Å². The standard InChI is InChI=1S/C16H26N2O/c1-14(13-17-10-12-19-2)18-11-6-5-8-15-7-3-4-9-16(15)18/h3-4,7,9,14,17H,5-6,8,10-13H2,1-2H3. The second-order valence-electron chi connectivity index (χ2n) is 5.33. The van der Waals surface area contributed by atoms with Crippen molar-refractivity contribution < 1.29 is 4.74 Å². The van der Waals surface area contributed by atoms with Gasteiger partial charge in [0, 0.05) is 38.5 Å². The third kappa shape index (κ3) is 3.95. The number of nitrogens with one attached hydrogen (secondary N) is 1. The molecule has 0 aliphatic carbocycles. The molecule has 2 rings (SSSR count). The number of fused-ring (bicyclic) bond motifs is 1. The van der Waals surface area contributed by atoms with Crippen LogP contribution in [0.25, 0.3) is 0 Å². The smallest absolute Gasteiger partial charge is 0.0587 e. The summed E-state index contributed by atoms with van der Waals surface area (Å²) < 4.78 is 5.07. The quantitative estimate of drug-likeness (QED) is 0.797. The van der Waals surface area contributed by atoms with E-state index in [0.717, 1.165) is 19.7 Å². The van der Waals surface area contributed by atoms with Gasteiger partial charge < -0.3 is 15.0 Å². The van der Waals surface area contributed by atoms with E-state index in [1.807, 2.05) is 0 Å². The van der Waals surface area contributed by atoms with Gasteiger partial charge in [0.25, 0.3) is 0 Å². The Hall–Kier alpha value is -1.06. The lowest BCUT2D eigenvalue weighted by Gasteiger charge is -2.31. The molecule has 1 aromatic carbocycles. The number of ether oxygens (including phenoxy) is 1. The molecule has 1 aliphatic rings. The highest BCUT2D eigenvalue weighted by atomic mass is 16.5. The van der Waals surface area contributed by atoms with Gasteiger partial charge >= 0.3 is 0 Å². The number of hydrogen-bond acceptors (Lipinski definition) is 3. The van der Waals surface area contributed by atoms with Crippen molar-refractivity contribution in [2.24, 2.45) is 0 Å². The average Bonchev–Trinajstić information content (AvgIpc) is 2.66. The molecule has 0 fully saturated rings. The molecule has 106 valence electrons. The van der Waals surface area contributed by atoms with Crippen molar-refractivity contribution in [1.29, 1.82) is 0 Å². The van der Waals surface area contributed by atoms with Crippen molar-refractivity contribution in [3.8, 4) is 0 Å². The van der Waals surface area contributed by atoms with Crippen LogP contribution in [0.1, 0.15) is 25.3 Å². The predicted molar refractivity (Wildman–Crippen MR) is 80.9 cm³/mol. The van der Waals surface area contributed by atoms with Crippen molar-refractivity contribution in [3.05, 3.63) is 29.8 Å². The fourth-order valence-corrected chi connectivity index (χ4v) is 2.77. The number of nitrogens with zero attached hydrogens (tertiary/aromatic N) is 1. The number of hydrogen-bond donors (Lipinski definition) is 1. The summed E-state index contributed by atoms with van der Waals surface area (Å²) in [6.45, 7) is 6.20. The van der Waals surface area contributed by atoms with E-state index >= 15 is 0 Å². The highest BCUT2D eigenvalue weighted by Crippen LogP contribution is 2.27. The van der Waals surface area contributed by atoms with Gasteiger partial charge in [0.1, 0.15) is 0 Å². The number of anilines is 1. The molecule has 1 aliphatic heterocycles. The Labute approximate surface area is 116 Å². The molecule has 0 radical (unpaired) electrons. The average molecular weight is 262 g/mol. The van der Waals surface area contributed by atoms with Crippen molar-refractivity contribution in [2.75, 3.05) is 38.3 Å². The van der Waals surface area contributed by atoms with Crippen molar-refractivity contribution in [2.45, 2.75) is 32.2 Å². The summed E-state index contributed by atoms with van der Waals surface area (Å²) in [4.78, 5) is 2.56. The van der Waals surface area contributed by atoms with E-state index < -0.39 is 0 Å². The van der Waals surface area contributed by atoms with E-state index in [-0.39, 0.29) is 0 Å². The van der Waals surface area contributed by atoms with E-state index in [4.69, 9.17) is 4.74 Å². The van der Waals surface area contributed by atoms with Gasteiger partial charge in [-0.25, -0.2) is 0 Å². The maximum absolute atomic E-state index is 5.07. The molecule has 0 spiro atoms. The van der Waals surface area contributed by atoms with E-state index in [0.29, 0.717) is 6.04 Å². The first-order valence-electron chi connectivity index (χ1n) is 7.37. The number of methoxy groups -OCH3 is 1. The Morgan fingerprint density at radius 2 is 2.16 bits per heavy atom. The van der Waals surface area contributed by atoms with Crippen LogP contribution in [0.3, 0.4) is 0 Å². The molecule has 3 heteroatoms. The summed E-state index contributed by atoms with van der Waals surface area (Å²) in [5.41, 5.74) is 2.93. The topological polar surface area (TPSA) is 24.5 Å². The van der Waals surface area contributed by atoms with Crippen LogP contribution < -0.4 is 10.2 Å². The molecule has 3 nitrogen and oxygen atoms in total. The molecule has 1 N–H and O–H groups in total. The zero-order valence-corrected chi connectivity index (χ0v) is 12.2. The van der Waals surface area contributed by atoms with Gasteiger partial charge in [-0.1, -0.05) is 18.2 Å². The zero-order chi connectivity index (χ0) is 13.5. The van der Waals surface area contributed by atoms with Crippen molar-refractivity contribution in [3.63, 3.8) is 0 Å². The normalized spacial score (nSPS) is 16.8. The summed E-state index contributed by atoms with van der Waals surface area (Å²) in [6, 6.07) is 9.38. The molecular weight excluding hydrogens is 236 g/mol. The van der Waals surface area contributed by atoms with Gasteiger partial charge in [-0.2, -0.15) is 0 Å².